The highest BCUT2D eigenvalue weighted by Crippen LogP contribution is 2.64. The number of carbonyl (C=O) groups is 1. The van der Waals surface area contributed by atoms with Crippen molar-refractivity contribution in [2.75, 3.05) is 5.32 Å². The van der Waals surface area contributed by atoms with Gasteiger partial charge in [-0.2, -0.15) is 0 Å². The second kappa shape index (κ2) is 4.50. The molecule has 104 valence electrons. The summed E-state index contributed by atoms with van der Waals surface area (Å²) in [4.78, 5) is 16.0. The minimum atomic E-state index is -0.961. The molecular formula is C14H12Cl2N2O2. The van der Waals surface area contributed by atoms with Gasteiger partial charge in [0.2, 0.25) is 5.91 Å². The fraction of sp³-hybridized carbons (Fsp3) is 0.286. The van der Waals surface area contributed by atoms with E-state index < -0.39 is 9.75 Å². The van der Waals surface area contributed by atoms with Crippen LogP contribution in [0.25, 0.3) is 11.3 Å². The van der Waals surface area contributed by atoms with Crippen LogP contribution in [0.2, 0.25) is 0 Å². The van der Waals surface area contributed by atoms with Crippen molar-refractivity contribution in [3.05, 3.63) is 36.9 Å². The van der Waals surface area contributed by atoms with Crippen LogP contribution in [-0.4, -0.2) is 15.2 Å². The number of benzene rings is 1. The molecule has 1 saturated carbocycles. The van der Waals surface area contributed by atoms with Crippen LogP contribution >= 0.6 is 23.2 Å². The zero-order chi connectivity index (χ0) is 14.4. The largest absolute Gasteiger partial charge is 0.444 e. The second-order valence-electron chi connectivity index (χ2n) is 5.11. The van der Waals surface area contributed by atoms with E-state index in [4.69, 9.17) is 27.6 Å². The second-order valence-corrected chi connectivity index (χ2v) is 6.59. The summed E-state index contributed by atoms with van der Waals surface area (Å²) in [5, 5.41) is 2.82. The monoisotopic (exact) mass is 310 g/mol. The summed E-state index contributed by atoms with van der Waals surface area (Å²) in [6, 6.07) is 7.29. The molecule has 1 fully saturated rings. The Balaban J connectivity index is 1.72. The minimum Gasteiger partial charge on any atom is -0.444 e. The molecule has 0 saturated heterocycles. The van der Waals surface area contributed by atoms with E-state index in [1.54, 1.807) is 25.3 Å². The third-order valence-electron chi connectivity index (χ3n) is 3.62. The molecule has 1 aliphatic carbocycles. The molecule has 1 atom stereocenters. The molecule has 1 amide bonds. The molecule has 1 N–H and O–H groups in total. The molecule has 1 aromatic heterocycles. The van der Waals surface area contributed by atoms with Crippen molar-refractivity contribution >= 4 is 34.8 Å². The number of halogens is 2. The van der Waals surface area contributed by atoms with Gasteiger partial charge in [0.05, 0.1) is 11.6 Å². The summed E-state index contributed by atoms with van der Waals surface area (Å²) in [5.41, 5.74) is 0.859. The SMILES string of the molecule is C[C@@]1(C(=O)Nc2ccc(-c3cnco3)cc2)CC1(Cl)Cl. The van der Waals surface area contributed by atoms with Crippen LogP contribution in [0.1, 0.15) is 13.3 Å². The third kappa shape index (κ3) is 2.19. The van der Waals surface area contributed by atoms with E-state index in [0.717, 1.165) is 5.56 Å². The van der Waals surface area contributed by atoms with E-state index in [1.165, 1.54) is 6.39 Å². The van der Waals surface area contributed by atoms with Crippen molar-refractivity contribution in [3.63, 3.8) is 0 Å². The van der Waals surface area contributed by atoms with Gasteiger partial charge in [0, 0.05) is 11.3 Å². The van der Waals surface area contributed by atoms with Crippen LogP contribution in [0.15, 0.2) is 41.3 Å². The van der Waals surface area contributed by atoms with E-state index in [1.807, 2.05) is 12.1 Å². The van der Waals surface area contributed by atoms with Crippen LogP contribution < -0.4 is 5.32 Å². The maximum Gasteiger partial charge on any atom is 0.233 e. The smallest absolute Gasteiger partial charge is 0.233 e. The Bertz CT molecular complexity index is 638. The van der Waals surface area contributed by atoms with Crippen LogP contribution in [-0.2, 0) is 4.79 Å². The molecule has 0 bridgehead atoms. The van der Waals surface area contributed by atoms with Crippen LogP contribution in [0, 0.1) is 5.41 Å². The van der Waals surface area contributed by atoms with Crippen LogP contribution in [0.3, 0.4) is 0 Å². The first kappa shape index (κ1) is 13.5. The number of nitrogens with one attached hydrogen (secondary N) is 1. The number of hydrogen-bond donors (Lipinski definition) is 1. The Morgan fingerprint density at radius 1 is 1.35 bits per heavy atom. The molecule has 0 unspecified atom stereocenters. The number of alkyl halides is 2. The number of carbonyl (C=O) groups excluding carboxylic acids is 1. The lowest BCUT2D eigenvalue weighted by Gasteiger charge is -2.12. The van der Waals surface area contributed by atoms with E-state index in [-0.39, 0.29) is 5.91 Å². The molecule has 4 nitrogen and oxygen atoms in total. The zero-order valence-corrected chi connectivity index (χ0v) is 12.2. The van der Waals surface area contributed by atoms with Gasteiger partial charge in [0.25, 0.3) is 0 Å². The number of rotatable bonds is 3. The zero-order valence-electron chi connectivity index (χ0n) is 10.7. The van der Waals surface area contributed by atoms with Crippen molar-refractivity contribution in [2.45, 2.75) is 17.7 Å². The summed E-state index contributed by atoms with van der Waals surface area (Å²) >= 11 is 12.0. The molecule has 1 aromatic carbocycles. The maximum atomic E-state index is 12.1. The third-order valence-corrected chi connectivity index (χ3v) is 4.72. The predicted molar refractivity (Wildman–Crippen MR) is 77.7 cm³/mol. The topological polar surface area (TPSA) is 55.1 Å². The Morgan fingerprint density at radius 3 is 2.50 bits per heavy atom. The molecule has 0 aliphatic heterocycles. The Morgan fingerprint density at radius 2 is 2.00 bits per heavy atom. The summed E-state index contributed by atoms with van der Waals surface area (Å²) in [7, 11) is 0. The molecule has 0 spiro atoms. The van der Waals surface area contributed by atoms with Gasteiger partial charge < -0.3 is 9.73 Å². The summed E-state index contributed by atoms with van der Waals surface area (Å²) in [6.45, 7) is 1.76. The number of amides is 1. The quantitative estimate of drug-likeness (QED) is 0.876. The fourth-order valence-corrected chi connectivity index (χ4v) is 2.70. The molecule has 1 aliphatic rings. The highest BCUT2D eigenvalue weighted by molar-refractivity contribution is 6.53. The first-order valence-electron chi connectivity index (χ1n) is 6.11. The van der Waals surface area contributed by atoms with Crippen LogP contribution in [0.4, 0.5) is 5.69 Å². The van der Waals surface area contributed by atoms with Gasteiger partial charge in [-0.15, -0.1) is 23.2 Å². The molecule has 2 aromatic rings. The maximum absolute atomic E-state index is 12.1. The van der Waals surface area contributed by atoms with Crippen molar-refractivity contribution in [2.24, 2.45) is 5.41 Å². The predicted octanol–water partition coefficient (Wildman–Crippen LogP) is 3.86. The van der Waals surface area contributed by atoms with Crippen LogP contribution in [0.5, 0.6) is 0 Å². The lowest BCUT2D eigenvalue weighted by Crippen LogP contribution is -2.25. The van der Waals surface area contributed by atoms with E-state index in [2.05, 4.69) is 10.3 Å². The van der Waals surface area contributed by atoms with Crippen molar-refractivity contribution < 1.29 is 9.21 Å². The van der Waals surface area contributed by atoms with Gasteiger partial charge in [-0.25, -0.2) is 4.98 Å². The van der Waals surface area contributed by atoms with Gasteiger partial charge in [0.1, 0.15) is 4.33 Å². The molecule has 20 heavy (non-hydrogen) atoms. The van der Waals surface area contributed by atoms with E-state index in [0.29, 0.717) is 17.9 Å². The number of hydrogen-bond acceptors (Lipinski definition) is 3. The molecule has 1 heterocycles. The fourth-order valence-electron chi connectivity index (χ4n) is 1.99. The average Bonchev–Trinajstić information content (AvgIpc) is 2.83. The Hall–Kier alpha value is -1.52. The Kier molecular flexibility index (Phi) is 3.03. The van der Waals surface area contributed by atoms with Gasteiger partial charge in [-0.3, -0.25) is 4.79 Å². The van der Waals surface area contributed by atoms with Gasteiger partial charge in [-0.05, 0) is 37.6 Å². The Labute approximate surface area is 126 Å². The van der Waals surface area contributed by atoms with Crippen molar-refractivity contribution in [3.8, 4) is 11.3 Å². The lowest BCUT2D eigenvalue weighted by molar-refractivity contribution is -0.120. The molecule has 0 radical (unpaired) electrons. The number of oxazole rings is 1. The van der Waals surface area contributed by atoms with E-state index in [9.17, 15) is 4.79 Å². The standard InChI is InChI=1S/C14H12Cl2N2O2/c1-13(7-14(13,15)16)12(19)18-10-4-2-9(3-5-10)11-6-17-8-20-11/h2-6,8H,7H2,1H3,(H,18,19)/t13-/m0/s1. The minimum absolute atomic E-state index is 0.171. The normalized spacial score (nSPS) is 23.4. The summed E-state index contributed by atoms with van der Waals surface area (Å²) in [6.07, 6.45) is 3.47. The van der Waals surface area contributed by atoms with Crippen molar-refractivity contribution in [1.29, 1.82) is 0 Å². The number of anilines is 1. The first-order valence-corrected chi connectivity index (χ1v) is 6.86. The van der Waals surface area contributed by atoms with E-state index >= 15 is 0 Å². The molecular weight excluding hydrogens is 299 g/mol. The molecule has 6 heteroatoms. The highest BCUT2D eigenvalue weighted by Gasteiger charge is 2.67. The number of aromatic nitrogens is 1. The van der Waals surface area contributed by atoms with Gasteiger partial charge >= 0.3 is 0 Å². The van der Waals surface area contributed by atoms with Gasteiger partial charge in [0.15, 0.2) is 12.2 Å². The lowest BCUT2D eigenvalue weighted by atomic mass is 10.1. The average molecular weight is 311 g/mol. The van der Waals surface area contributed by atoms with Crippen molar-refractivity contribution in [1.82, 2.24) is 4.98 Å². The summed E-state index contributed by atoms with van der Waals surface area (Å²) < 4.78 is 4.24. The highest BCUT2D eigenvalue weighted by atomic mass is 35.5. The summed E-state index contributed by atoms with van der Waals surface area (Å²) in [5.74, 6) is 0.507. The molecule has 3 rings (SSSR count). The number of nitrogens with zero attached hydrogens (tertiary/aromatic N) is 1. The first-order chi connectivity index (χ1) is 9.42. The van der Waals surface area contributed by atoms with Gasteiger partial charge in [-0.1, -0.05) is 0 Å².